The lowest BCUT2D eigenvalue weighted by Crippen LogP contribution is -2.42. The van der Waals surface area contributed by atoms with Crippen molar-refractivity contribution in [2.24, 2.45) is 5.92 Å². The zero-order valence-electron chi connectivity index (χ0n) is 13.4. The number of aromatic nitrogens is 1. The van der Waals surface area contributed by atoms with Crippen LogP contribution < -0.4 is 5.32 Å². The molecule has 22 heavy (non-hydrogen) atoms. The zero-order valence-corrected chi connectivity index (χ0v) is 13.4. The molecule has 1 N–H and O–H groups in total. The first kappa shape index (κ1) is 16.5. The van der Waals surface area contributed by atoms with Gasteiger partial charge in [0.15, 0.2) is 11.6 Å². The van der Waals surface area contributed by atoms with E-state index in [-0.39, 0.29) is 17.7 Å². The van der Waals surface area contributed by atoms with Crippen molar-refractivity contribution in [2.75, 3.05) is 25.0 Å². The summed E-state index contributed by atoms with van der Waals surface area (Å²) in [5, 5.41) is 3.04. The Morgan fingerprint density at radius 1 is 1.45 bits per heavy atom. The average molecular weight is 309 g/mol. The molecule has 2 rings (SSSR count). The molecular weight excluding hydrogens is 285 g/mol. The largest absolute Gasteiger partial charge is 0.444 e. The summed E-state index contributed by atoms with van der Waals surface area (Å²) < 4.78 is 18.8. The van der Waals surface area contributed by atoms with Crippen molar-refractivity contribution in [2.45, 2.75) is 39.2 Å². The van der Waals surface area contributed by atoms with Gasteiger partial charge in [-0.25, -0.2) is 14.2 Å². The highest BCUT2D eigenvalue weighted by Crippen LogP contribution is 2.20. The number of amides is 1. The van der Waals surface area contributed by atoms with E-state index in [1.807, 2.05) is 20.8 Å². The van der Waals surface area contributed by atoms with E-state index in [4.69, 9.17) is 4.74 Å². The van der Waals surface area contributed by atoms with E-state index in [0.717, 1.165) is 12.8 Å². The van der Waals surface area contributed by atoms with Crippen molar-refractivity contribution in [3.8, 4) is 0 Å². The molecule has 0 radical (unpaired) electrons. The molecule has 0 aromatic carbocycles. The van der Waals surface area contributed by atoms with E-state index in [2.05, 4.69) is 10.3 Å². The molecule has 1 amide bonds. The van der Waals surface area contributed by atoms with Crippen LogP contribution in [0.4, 0.5) is 15.0 Å². The average Bonchev–Trinajstić information content (AvgIpc) is 2.45. The molecule has 1 aromatic heterocycles. The van der Waals surface area contributed by atoms with Gasteiger partial charge in [0.1, 0.15) is 5.60 Å². The van der Waals surface area contributed by atoms with E-state index in [9.17, 15) is 9.18 Å². The highest BCUT2D eigenvalue weighted by atomic mass is 19.1. The minimum absolute atomic E-state index is 0.255. The SMILES string of the molecule is CC(C)(C)OC(=O)N1CCC(CNc2ncccc2F)CC1. The molecule has 1 aliphatic rings. The second-order valence-corrected chi connectivity index (χ2v) is 6.63. The Bertz CT molecular complexity index is 508. The maximum absolute atomic E-state index is 13.5. The molecule has 1 saturated heterocycles. The fraction of sp³-hybridized carbons (Fsp3) is 0.625. The number of hydrogen-bond acceptors (Lipinski definition) is 4. The fourth-order valence-electron chi connectivity index (χ4n) is 2.40. The molecule has 0 saturated carbocycles. The van der Waals surface area contributed by atoms with Crippen LogP contribution in [0, 0.1) is 11.7 Å². The van der Waals surface area contributed by atoms with Crippen LogP contribution in [-0.2, 0) is 4.74 Å². The van der Waals surface area contributed by atoms with E-state index in [1.54, 1.807) is 17.2 Å². The van der Waals surface area contributed by atoms with Gasteiger partial charge in [-0.3, -0.25) is 0 Å². The lowest BCUT2D eigenvalue weighted by Gasteiger charge is -2.33. The molecule has 1 aliphatic heterocycles. The van der Waals surface area contributed by atoms with Gasteiger partial charge < -0.3 is 15.0 Å². The number of ether oxygens (including phenoxy) is 1. The second-order valence-electron chi connectivity index (χ2n) is 6.63. The summed E-state index contributed by atoms with van der Waals surface area (Å²) >= 11 is 0. The van der Waals surface area contributed by atoms with Crippen molar-refractivity contribution >= 4 is 11.9 Å². The van der Waals surface area contributed by atoms with Gasteiger partial charge in [-0.15, -0.1) is 0 Å². The number of piperidine rings is 1. The summed E-state index contributed by atoms with van der Waals surface area (Å²) in [7, 11) is 0. The van der Waals surface area contributed by atoms with Gasteiger partial charge in [-0.05, 0) is 51.7 Å². The number of carbonyl (C=O) groups is 1. The maximum Gasteiger partial charge on any atom is 0.410 e. The van der Waals surface area contributed by atoms with Gasteiger partial charge in [-0.1, -0.05) is 0 Å². The Morgan fingerprint density at radius 3 is 2.73 bits per heavy atom. The van der Waals surface area contributed by atoms with Gasteiger partial charge in [0.05, 0.1) is 0 Å². The van der Waals surface area contributed by atoms with Crippen molar-refractivity contribution in [3.05, 3.63) is 24.1 Å². The Labute approximate surface area is 130 Å². The van der Waals surface area contributed by atoms with Crippen molar-refractivity contribution in [1.29, 1.82) is 0 Å². The monoisotopic (exact) mass is 309 g/mol. The third-order valence-electron chi connectivity index (χ3n) is 3.58. The van der Waals surface area contributed by atoms with Crippen LogP contribution in [0.15, 0.2) is 18.3 Å². The van der Waals surface area contributed by atoms with Crippen molar-refractivity contribution < 1.29 is 13.9 Å². The Hall–Kier alpha value is -1.85. The van der Waals surface area contributed by atoms with Gasteiger partial charge >= 0.3 is 6.09 Å². The predicted molar refractivity (Wildman–Crippen MR) is 83.2 cm³/mol. The van der Waals surface area contributed by atoms with Crippen molar-refractivity contribution in [1.82, 2.24) is 9.88 Å². The summed E-state index contributed by atoms with van der Waals surface area (Å²) in [4.78, 5) is 17.7. The van der Waals surface area contributed by atoms with Gasteiger partial charge in [0, 0.05) is 25.8 Å². The normalized spacial score (nSPS) is 16.5. The number of carbonyl (C=O) groups excluding carboxylic acids is 1. The number of likely N-dealkylation sites (tertiary alicyclic amines) is 1. The van der Waals surface area contributed by atoms with Gasteiger partial charge in [-0.2, -0.15) is 0 Å². The number of rotatable bonds is 3. The lowest BCUT2D eigenvalue weighted by molar-refractivity contribution is 0.0188. The third kappa shape index (κ3) is 4.86. The molecule has 122 valence electrons. The van der Waals surface area contributed by atoms with Gasteiger partial charge in [0.2, 0.25) is 0 Å². The molecule has 0 atom stereocenters. The molecular formula is C16H24FN3O2. The van der Waals surface area contributed by atoms with Crippen LogP contribution in [0.1, 0.15) is 33.6 Å². The summed E-state index contributed by atoms with van der Waals surface area (Å²) in [5.74, 6) is 0.353. The van der Waals surface area contributed by atoms with Crippen molar-refractivity contribution in [3.63, 3.8) is 0 Å². The summed E-state index contributed by atoms with van der Waals surface area (Å²) in [6, 6.07) is 2.96. The molecule has 0 aliphatic carbocycles. The Kier molecular flexibility index (Phi) is 5.21. The first-order chi connectivity index (χ1) is 10.3. The molecule has 5 nitrogen and oxygen atoms in total. The first-order valence-electron chi connectivity index (χ1n) is 7.67. The molecule has 1 aromatic rings. The van der Waals surface area contributed by atoms with E-state index < -0.39 is 5.60 Å². The minimum Gasteiger partial charge on any atom is -0.444 e. The van der Waals surface area contributed by atoms with E-state index in [1.165, 1.54) is 6.07 Å². The number of pyridine rings is 1. The van der Waals surface area contributed by atoms with E-state index in [0.29, 0.717) is 25.6 Å². The van der Waals surface area contributed by atoms with Crippen LogP contribution in [0.5, 0.6) is 0 Å². The molecule has 2 heterocycles. The molecule has 0 spiro atoms. The number of halogens is 1. The summed E-state index contributed by atoms with van der Waals surface area (Å²) in [5.41, 5.74) is -0.466. The number of nitrogens with zero attached hydrogens (tertiary/aromatic N) is 2. The molecule has 0 bridgehead atoms. The summed E-state index contributed by atoms with van der Waals surface area (Å²) in [6.07, 6.45) is 3.06. The fourth-order valence-corrected chi connectivity index (χ4v) is 2.40. The zero-order chi connectivity index (χ0) is 16.2. The van der Waals surface area contributed by atoms with Crippen LogP contribution in [0.2, 0.25) is 0 Å². The number of anilines is 1. The topological polar surface area (TPSA) is 54.5 Å². The van der Waals surface area contributed by atoms with Gasteiger partial charge in [0.25, 0.3) is 0 Å². The molecule has 0 unspecified atom stereocenters. The smallest absolute Gasteiger partial charge is 0.410 e. The molecule has 6 heteroatoms. The highest BCUT2D eigenvalue weighted by Gasteiger charge is 2.26. The maximum atomic E-state index is 13.5. The Morgan fingerprint density at radius 2 is 2.14 bits per heavy atom. The van der Waals surface area contributed by atoms with Crippen LogP contribution >= 0.6 is 0 Å². The quantitative estimate of drug-likeness (QED) is 0.931. The lowest BCUT2D eigenvalue weighted by atomic mass is 9.97. The van der Waals surface area contributed by atoms with Crippen LogP contribution in [0.25, 0.3) is 0 Å². The first-order valence-corrected chi connectivity index (χ1v) is 7.67. The standard InChI is InChI=1S/C16H24FN3O2/c1-16(2,3)22-15(21)20-9-6-12(7-10-20)11-19-14-13(17)5-4-8-18-14/h4-5,8,12H,6-7,9-11H2,1-3H3,(H,18,19). The minimum atomic E-state index is -0.466. The number of nitrogens with one attached hydrogen (secondary N) is 1. The van der Waals surface area contributed by atoms with E-state index >= 15 is 0 Å². The second kappa shape index (κ2) is 6.94. The predicted octanol–water partition coefficient (Wildman–Crippen LogP) is 3.28. The third-order valence-corrected chi connectivity index (χ3v) is 3.58. The van der Waals surface area contributed by atoms with Crippen LogP contribution in [0.3, 0.4) is 0 Å². The van der Waals surface area contributed by atoms with Crippen LogP contribution in [-0.4, -0.2) is 41.2 Å². The number of hydrogen-bond donors (Lipinski definition) is 1. The summed E-state index contributed by atoms with van der Waals surface area (Å²) in [6.45, 7) is 7.60. The molecule has 1 fully saturated rings. The Balaban J connectivity index is 1.76. The highest BCUT2D eigenvalue weighted by molar-refractivity contribution is 5.68.